The molecular weight excluding hydrogens is 394 g/mol. The lowest BCUT2D eigenvalue weighted by Crippen LogP contribution is -2.40. The number of aromatic amines is 1. The fourth-order valence-electron chi connectivity index (χ4n) is 2.98. The fourth-order valence-corrected chi connectivity index (χ4v) is 2.98. The predicted octanol–water partition coefficient (Wildman–Crippen LogP) is 3.30. The summed E-state index contributed by atoms with van der Waals surface area (Å²) in [5, 5.41) is 3.32. The summed E-state index contributed by atoms with van der Waals surface area (Å²) >= 11 is 0. The fraction of sp³-hybridized carbons (Fsp3) is 0.286. The van der Waals surface area contributed by atoms with Crippen molar-refractivity contribution in [1.29, 1.82) is 0 Å². The van der Waals surface area contributed by atoms with Gasteiger partial charge in [0.15, 0.2) is 0 Å². The van der Waals surface area contributed by atoms with Crippen LogP contribution in [0.5, 0.6) is 5.75 Å². The number of halogens is 2. The van der Waals surface area contributed by atoms with Gasteiger partial charge >= 0.3 is 12.6 Å². The number of aromatic nitrogens is 2. The number of para-hydroxylation sites is 1. The molecule has 0 fully saturated rings. The molecule has 0 saturated heterocycles. The van der Waals surface area contributed by atoms with Crippen LogP contribution in [0.25, 0.3) is 10.9 Å². The molecule has 2 amide bonds. The van der Waals surface area contributed by atoms with Crippen molar-refractivity contribution in [3.63, 3.8) is 0 Å². The van der Waals surface area contributed by atoms with Crippen molar-refractivity contribution in [3.8, 4) is 5.75 Å². The van der Waals surface area contributed by atoms with Crippen LogP contribution in [0, 0.1) is 0 Å². The highest BCUT2D eigenvalue weighted by molar-refractivity contribution is 5.77. The largest absolute Gasteiger partial charge is 0.435 e. The molecule has 1 heterocycles. The van der Waals surface area contributed by atoms with Crippen molar-refractivity contribution in [2.45, 2.75) is 26.5 Å². The van der Waals surface area contributed by atoms with Crippen LogP contribution in [0.1, 0.15) is 18.3 Å². The van der Waals surface area contributed by atoms with Gasteiger partial charge in [0.05, 0.1) is 17.4 Å². The van der Waals surface area contributed by atoms with Crippen LogP contribution in [0.2, 0.25) is 0 Å². The Labute approximate surface area is 171 Å². The molecule has 3 aromatic rings. The number of fused-ring (bicyclic) bond motifs is 1. The van der Waals surface area contributed by atoms with Gasteiger partial charge in [-0.05, 0) is 43.2 Å². The number of carbonyl (C=O) groups is 1. The Morgan fingerprint density at radius 1 is 1.20 bits per heavy atom. The summed E-state index contributed by atoms with van der Waals surface area (Å²) in [6.45, 7) is -0.0569. The highest BCUT2D eigenvalue weighted by Crippen LogP contribution is 2.15. The van der Waals surface area contributed by atoms with E-state index in [1.165, 1.54) is 17.0 Å². The minimum Gasteiger partial charge on any atom is -0.435 e. The minimum atomic E-state index is -2.86. The lowest BCUT2D eigenvalue weighted by Gasteiger charge is -2.21. The second-order valence-electron chi connectivity index (χ2n) is 6.55. The van der Waals surface area contributed by atoms with E-state index in [0.29, 0.717) is 36.2 Å². The number of ether oxygens (including phenoxy) is 1. The summed E-state index contributed by atoms with van der Waals surface area (Å²) in [4.78, 5) is 33.3. The molecule has 2 aromatic carbocycles. The third kappa shape index (κ3) is 5.53. The number of benzene rings is 2. The summed E-state index contributed by atoms with van der Waals surface area (Å²) in [5.74, 6) is 0.497. The first-order valence-corrected chi connectivity index (χ1v) is 9.50. The van der Waals surface area contributed by atoms with Gasteiger partial charge in [-0.2, -0.15) is 8.78 Å². The van der Waals surface area contributed by atoms with E-state index >= 15 is 0 Å². The Morgan fingerprint density at radius 3 is 2.63 bits per heavy atom. The topological polar surface area (TPSA) is 87.3 Å². The van der Waals surface area contributed by atoms with E-state index in [9.17, 15) is 18.4 Å². The third-order valence-corrected chi connectivity index (χ3v) is 4.51. The third-order valence-electron chi connectivity index (χ3n) is 4.51. The molecule has 0 radical (unpaired) electrons. The molecule has 3 rings (SSSR count). The van der Waals surface area contributed by atoms with E-state index in [4.69, 9.17) is 0 Å². The van der Waals surface area contributed by atoms with Gasteiger partial charge in [0.1, 0.15) is 11.6 Å². The molecule has 30 heavy (non-hydrogen) atoms. The molecule has 0 aliphatic carbocycles. The van der Waals surface area contributed by atoms with Crippen LogP contribution in [0.4, 0.5) is 13.6 Å². The number of rotatable bonds is 8. The zero-order valence-corrected chi connectivity index (χ0v) is 16.4. The molecule has 158 valence electrons. The first kappa shape index (κ1) is 21.2. The van der Waals surface area contributed by atoms with Crippen LogP contribution < -0.4 is 15.6 Å². The summed E-state index contributed by atoms with van der Waals surface area (Å²) in [6.07, 6.45) is 0.531. The number of alkyl halides is 2. The Kier molecular flexibility index (Phi) is 6.95. The summed E-state index contributed by atoms with van der Waals surface area (Å²) in [7, 11) is 0. The van der Waals surface area contributed by atoms with Crippen molar-refractivity contribution >= 4 is 16.9 Å². The van der Waals surface area contributed by atoms with Crippen LogP contribution >= 0.6 is 0 Å². The zero-order valence-electron chi connectivity index (χ0n) is 16.4. The maximum absolute atomic E-state index is 12.5. The van der Waals surface area contributed by atoms with Crippen molar-refractivity contribution in [1.82, 2.24) is 20.2 Å². The normalized spacial score (nSPS) is 10.9. The Hall–Kier alpha value is -3.49. The molecule has 0 atom stereocenters. The minimum absolute atomic E-state index is 0.0896. The molecule has 1 aromatic heterocycles. The molecule has 0 saturated carbocycles. The summed E-state index contributed by atoms with van der Waals surface area (Å²) < 4.78 is 28.7. The maximum Gasteiger partial charge on any atom is 0.387 e. The number of amides is 2. The molecule has 2 N–H and O–H groups in total. The van der Waals surface area contributed by atoms with Crippen molar-refractivity contribution < 1.29 is 18.3 Å². The Morgan fingerprint density at radius 2 is 1.93 bits per heavy atom. The van der Waals surface area contributed by atoms with Crippen LogP contribution in [0.3, 0.4) is 0 Å². The second-order valence-corrected chi connectivity index (χ2v) is 6.55. The number of nitrogens with zero attached hydrogens (tertiary/aromatic N) is 2. The maximum atomic E-state index is 12.5. The predicted molar refractivity (Wildman–Crippen MR) is 109 cm³/mol. The van der Waals surface area contributed by atoms with E-state index in [-0.39, 0.29) is 23.9 Å². The van der Waals surface area contributed by atoms with E-state index in [1.54, 1.807) is 36.4 Å². The van der Waals surface area contributed by atoms with Gasteiger partial charge in [-0.15, -0.1) is 0 Å². The SMILES string of the molecule is CCN(Cc1nc2ccccc2c(=O)[nH]1)C(=O)NCCc1ccc(OC(F)F)cc1. The van der Waals surface area contributed by atoms with Crippen LogP contribution in [0.15, 0.2) is 53.3 Å². The monoisotopic (exact) mass is 416 g/mol. The van der Waals surface area contributed by atoms with E-state index in [0.717, 1.165) is 5.56 Å². The number of hydrogen-bond acceptors (Lipinski definition) is 4. The Bertz CT molecular complexity index is 1050. The molecule has 0 unspecified atom stereocenters. The number of H-pyrrole nitrogens is 1. The molecule has 9 heteroatoms. The van der Waals surface area contributed by atoms with Gasteiger partial charge in [0, 0.05) is 13.1 Å². The average molecular weight is 416 g/mol. The van der Waals surface area contributed by atoms with Gasteiger partial charge in [0.2, 0.25) is 0 Å². The van der Waals surface area contributed by atoms with Gasteiger partial charge in [-0.25, -0.2) is 9.78 Å². The smallest absolute Gasteiger partial charge is 0.387 e. The van der Waals surface area contributed by atoms with Crippen molar-refractivity contribution in [2.75, 3.05) is 13.1 Å². The Balaban J connectivity index is 1.55. The number of carbonyl (C=O) groups excluding carboxylic acids is 1. The van der Waals surface area contributed by atoms with E-state index in [2.05, 4.69) is 20.0 Å². The first-order valence-electron chi connectivity index (χ1n) is 9.50. The molecular formula is C21H22F2N4O3. The molecule has 0 bridgehead atoms. The van der Waals surface area contributed by atoms with Gasteiger partial charge in [0.25, 0.3) is 5.56 Å². The first-order chi connectivity index (χ1) is 14.5. The highest BCUT2D eigenvalue weighted by atomic mass is 19.3. The number of hydrogen-bond donors (Lipinski definition) is 2. The molecule has 7 nitrogen and oxygen atoms in total. The highest BCUT2D eigenvalue weighted by Gasteiger charge is 2.14. The molecule has 0 spiro atoms. The van der Waals surface area contributed by atoms with E-state index < -0.39 is 6.61 Å². The quantitative estimate of drug-likeness (QED) is 0.590. The van der Waals surface area contributed by atoms with Gasteiger partial charge < -0.3 is 19.9 Å². The summed E-state index contributed by atoms with van der Waals surface area (Å²) in [5.41, 5.74) is 1.21. The summed E-state index contributed by atoms with van der Waals surface area (Å²) in [6, 6.07) is 13.0. The molecule has 0 aliphatic heterocycles. The average Bonchev–Trinajstić information content (AvgIpc) is 2.73. The van der Waals surface area contributed by atoms with Gasteiger partial charge in [-0.3, -0.25) is 4.79 Å². The van der Waals surface area contributed by atoms with E-state index in [1.807, 2.05) is 6.92 Å². The lowest BCUT2D eigenvalue weighted by atomic mass is 10.1. The van der Waals surface area contributed by atoms with Crippen LogP contribution in [-0.4, -0.2) is 40.6 Å². The van der Waals surface area contributed by atoms with Crippen LogP contribution in [-0.2, 0) is 13.0 Å². The van der Waals surface area contributed by atoms with Gasteiger partial charge in [-0.1, -0.05) is 24.3 Å². The second kappa shape index (κ2) is 9.82. The van der Waals surface area contributed by atoms with Crippen molar-refractivity contribution in [3.05, 3.63) is 70.3 Å². The number of nitrogens with one attached hydrogen (secondary N) is 2. The zero-order chi connectivity index (χ0) is 21.5. The lowest BCUT2D eigenvalue weighted by molar-refractivity contribution is -0.0498. The standard InChI is InChI=1S/C21H22F2N4O3/c1-2-27(13-18-25-17-6-4-3-5-16(17)19(28)26-18)21(29)24-12-11-14-7-9-15(10-8-14)30-20(22)23/h3-10,20H,2,11-13H2,1H3,(H,24,29)(H,25,26,28). The van der Waals surface area contributed by atoms with Crippen molar-refractivity contribution in [2.24, 2.45) is 0 Å². The number of urea groups is 1. The molecule has 0 aliphatic rings.